The quantitative estimate of drug-likeness (QED) is 0.417. The Kier molecular flexibility index (Phi) is 5.12. The Morgan fingerprint density at radius 3 is 2.43 bits per heavy atom. The van der Waals surface area contributed by atoms with Crippen molar-refractivity contribution in [3.8, 4) is 11.4 Å². The summed E-state index contributed by atoms with van der Waals surface area (Å²) in [5.74, 6) is -0.170. The molecule has 4 nitrogen and oxygen atoms in total. The van der Waals surface area contributed by atoms with Crippen molar-refractivity contribution in [1.82, 2.24) is 9.55 Å². The van der Waals surface area contributed by atoms with E-state index in [9.17, 15) is 14.0 Å². The van der Waals surface area contributed by atoms with Crippen molar-refractivity contribution < 1.29 is 9.18 Å². The van der Waals surface area contributed by atoms with Crippen LogP contribution in [0.15, 0.2) is 47.3 Å². The normalized spacial score (nSPS) is 11.2. The molecular weight excluding hydrogens is 399 g/mol. The smallest absolute Gasteiger partial charge is 0.263 e. The number of hydrogen-bond acceptors (Lipinski definition) is 4. The van der Waals surface area contributed by atoms with Gasteiger partial charge in [0.1, 0.15) is 16.5 Å². The molecule has 0 aliphatic carbocycles. The number of fused-ring (bicyclic) bond motifs is 1. The molecular formula is C24H21FN2O2S. The van der Waals surface area contributed by atoms with Gasteiger partial charge in [0, 0.05) is 16.0 Å². The van der Waals surface area contributed by atoms with E-state index in [4.69, 9.17) is 4.98 Å². The molecule has 0 bridgehead atoms. The molecule has 0 aliphatic heterocycles. The number of ketones is 1. The molecule has 0 spiro atoms. The molecule has 2 aromatic heterocycles. The van der Waals surface area contributed by atoms with E-state index in [-0.39, 0.29) is 23.7 Å². The molecule has 152 valence electrons. The third kappa shape index (κ3) is 3.48. The minimum atomic E-state index is -0.364. The maximum Gasteiger partial charge on any atom is 0.263 e. The average Bonchev–Trinajstić information content (AvgIpc) is 3.00. The van der Waals surface area contributed by atoms with E-state index in [1.54, 1.807) is 6.92 Å². The number of aromatic nitrogens is 2. The SMILES string of the molecule is Cc1ccc(-c2nc3sc(C)c(C)c3c(=O)n2CC(=O)c2ccc(F)c(C)c2)cc1. The fourth-order valence-corrected chi connectivity index (χ4v) is 4.47. The van der Waals surface area contributed by atoms with Gasteiger partial charge in [0.05, 0.1) is 11.9 Å². The van der Waals surface area contributed by atoms with Gasteiger partial charge in [0.25, 0.3) is 5.56 Å². The van der Waals surface area contributed by atoms with E-state index < -0.39 is 0 Å². The van der Waals surface area contributed by atoms with Crippen LogP contribution in [-0.2, 0) is 6.54 Å². The second kappa shape index (κ2) is 7.61. The second-order valence-electron chi connectivity index (χ2n) is 7.54. The van der Waals surface area contributed by atoms with Gasteiger partial charge in [-0.05, 0) is 57.0 Å². The molecule has 4 rings (SSSR count). The second-order valence-corrected chi connectivity index (χ2v) is 8.75. The molecule has 4 aromatic rings. The van der Waals surface area contributed by atoms with Crippen LogP contribution < -0.4 is 5.56 Å². The zero-order valence-electron chi connectivity index (χ0n) is 17.2. The van der Waals surface area contributed by atoms with Crippen LogP contribution in [0.3, 0.4) is 0 Å². The number of carbonyl (C=O) groups excluding carboxylic acids is 1. The van der Waals surface area contributed by atoms with Crippen molar-refractivity contribution in [3.05, 3.63) is 85.8 Å². The standard InChI is InChI=1S/C24H21FN2O2S/c1-13-5-7-17(8-6-13)22-26-23-21(15(3)16(4)30-23)24(29)27(22)12-20(28)18-9-10-19(25)14(2)11-18/h5-11H,12H2,1-4H3. The summed E-state index contributed by atoms with van der Waals surface area (Å²) in [5, 5.41) is 0.552. The van der Waals surface area contributed by atoms with Gasteiger partial charge >= 0.3 is 0 Å². The number of carbonyl (C=O) groups is 1. The van der Waals surface area contributed by atoms with Gasteiger partial charge in [0.2, 0.25) is 0 Å². The third-order valence-corrected chi connectivity index (χ3v) is 6.48. The van der Waals surface area contributed by atoms with E-state index in [0.29, 0.717) is 27.2 Å². The first-order valence-electron chi connectivity index (χ1n) is 9.63. The van der Waals surface area contributed by atoms with Crippen LogP contribution >= 0.6 is 11.3 Å². The largest absolute Gasteiger partial charge is 0.292 e. The Labute approximate surface area is 177 Å². The lowest BCUT2D eigenvalue weighted by molar-refractivity contribution is 0.0971. The molecule has 0 unspecified atom stereocenters. The first-order valence-corrected chi connectivity index (χ1v) is 10.4. The van der Waals surface area contributed by atoms with Gasteiger partial charge in [0.15, 0.2) is 5.78 Å². The summed E-state index contributed by atoms with van der Waals surface area (Å²) in [6, 6.07) is 11.9. The van der Waals surface area contributed by atoms with Crippen LogP contribution in [0, 0.1) is 33.5 Å². The van der Waals surface area contributed by atoms with Gasteiger partial charge in [-0.1, -0.05) is 29.8 Å². The third-order valence-electron chi connectivity index (χ3n) is 5.38. The Balaban J connectivity index is 1.90. The molecule has 0 saturated heterocycles. The zero-order valence-corrected chi connectivity index (χ0v) is 18.1. The molecule has 2 aromatic carbocycles. The van der Waals surface area contributed by atoms with Crippen molar-refractivity contribution in [1.29, 1.82) is 0 Å². The summed E-state index contributed by atoms with van der Waals surface area (Å²) >= 11 is 1.48. The minimum Gasteiger partial charge on any atom is -0.292 e. The van der Waals surface area contributed by atoms with Crippen LogP contribution in [0.25, 0.3) is 21.6 Å². The summed E-state index contributed by atoms with van der Waals surface area (Å²) < 4.78 is 15.1. The highest BCUT2D eigenvalue weighted by Gasteiger charge is 2.20. The maximum absolute atomic E-state index is 13.6. The molecule has 0 fully saturated rings. The van der Waals surface area contributed by atoms with Gasteiger partial charge in [-0.3, -0.25) is 14.2 Å². The number of hydrogen-bond donors (Lipinski definition) is 0. The van der Waals surface area contributed by atoms with Crippen LogP contribution in [0.2, 0.25) is 0 Å². The molecule has 0 amide bonds. The van der Waals surface area contributed by atoms with Crippen LogP contribution in [0.5, 0.6) is 0 Å². The van der Waals surface area contributed by atoms with Gasteiger partial charge < -0.3 is 0 Å². The molecule has 0 saturated carbocycles. The highest BCUT2D eigenvalue weighted by molar-refractivity contribution is 7.18. The van der Waals surface area contributed by atoms with E-state index in [1.165, 1.54) is 34.1 Å². The van der Waals surface area contributed by atoms with Crippen LogP contribution in [0.1, 0.15) is 31.9 Å². The highest BCUT2D eigenvalue weighted by atomic mass is 32.1. The number of thiophene rings is 1. The summed E-state index contributed by atoms with van der Waals surface area (Å²) in [6.45, 7) is 7.30. The molecule has 0 N–H and O–H groups in total. The van der Waals surface area contributed by atoms with Crippen molar-refractivity contribution in [2.45, 2.75) is 34.2 Å². The van der Waals surface area contributed by atoms with E-state index in [1.807, 2.05) is 45.0 Å². The average molecular weight is 421 g/mol. The van der Waals surface area contributed by atoms with E-state index >= 15 is 0 Å². The van der Waals surface area contributed by atoms with Gasteiger partial charge in [-0.2, -0.15) is 0 Å². The van der Waals surface area contributed by atoms with Crippen LogP contribution in [0.4, 0.5) is 4.39 Å². The number of nitrogens with zero attached hydrogens (tertiary/aromatic N) is 2. The monoisotopic (exact) mass is 420 g/mol. The van der Waals surface area contributed by atoms with Crippen LogP contribution in [-0.4, -0.2) is 15.3 Å². The number of Topliss-reactive ketones (excluding diaryl/α,β-unsaturated/α-hetero) is 1. The van der Waals surface area contributed by atoms with Crippen molar-refractivity contribution >= 4 is 27.3 Å². The highest BCUT2D eigenvalue weighted by Crippen LogP contribution is 2.29. The van der Waals surface area contributed by atoms with E-state index in [0.717, 1.165) is 21.6 Å². The fraction of sp³-hybridized carbons (Fsp3) is 0.208. The lowest BCUT2D eigenvalue weighted by Gasteiger charge is -2.13. The molecule has 6 heteroatoms. The molecule has 0 radical (unpaired) electrons. The summed E-state index contributed by atoms with van der Waals surface area (Å²) in [4.78, 5) is 32.9. The molecule has 0 aliphatic rings. The zero-order chi connectivity index (χ0) is 21.6. The first kappa shape index (κ1) is 20.2. The van der Waals surface area contributed by atoms with Crippen molar-refractivity contribution in [3.63, 3.8) is 0 Å². The predicted molar refractivity (Wildman–Crippen MR) is 119 cm³/mol. The number of aryl methyl sites for hydroxylation is 4. The molecule has 0 atom stereocenters. The Bertz CT molecular complexity index is 1350. The predicted octanol–water partition coefficient (Wildman–Crippen LogP) is 5.38. The van der Waals surface area contributed by atoms with Crippen molar-refractivity contribution in [2.75, 3.05) is 0 Å². The number of benzene rings is 2. The molecule has 30 heavy (non-hydrogen) atoms. The lowest BCUT2D eigenvalue weighted by atomic mass is 10.1. The topological polar surface area (TPSA) is 52.0 Å². The number of rotatable bonds is 4. The lowest BCUT2D eigenvalue weighted by Crippen LogP contribution is -2.27. The van der Waals surface area contributed by atoms with Crippen molar-refractivity contribution in [2.24, 2.45) is 0 Å². The van der Waals surface area contributed by atoms with E-state index in [2.05, 4.69) is 0 Å². The number of halogens is 1. The fourth-order valence-electron chi connectivity index (χ4n) is 3.45. The maximum atomic E-state index is 13.6. The first-order chi connectivity index (χ1) is 14.3. The minimum absolute atomic E-state index is 0.162. The molecule has 2 heterocycles. The Morgan fingerprint density at radius 1 is 1.07 bits per heavy atom. The Morgan fingerprint density at radius 2 is 1.77 bits per heavy atom. The Hall–Kier alpha value is -3.12. The van der Waals surface area contributed by atoms with Gasteiger partial charge in [-0.25, -0.2) is 9.37 Å². The summed E-state index contributed by atoms with van der Waals surface area (Å²) in [6.07, 6.45) is 0. The summed E-state index contributed by atoms with van der Waals surface area (Å²) in [5.41, 5.74) is 3.28. The van der Waals surface area contributed by atoms with Gasteiger partial charge in [-0.15, -0.1) is 11.3 Å². The summed E-state index contributed by atoms with van der Waals surface area (Å²) in [7, 11) is 0.